The Morgan fingerprint density at radius 1 is 1.43 bits per heavy atom. The first kappa shape index (κ1) is 13.9. The molecule has 1 N–H and O–H groups in total. The van der Waals surface area contributed by atoms with Crippen molar-refractivity contribution in [2.75, 3.05) is 6.54 Å². The van der Waals surface area contributed by atoms with Gasteiger partial charge in [0.25, 0.3) is 0 Å². The molecule has 1 amide bonds. The minimum absolute atomic E-state index is 0.146. The smallest absolute Gasteiger partial charge is 0.224 e. The van der Waals surface area contributed by atoms with Crippen LogP contribution in [-0.2, 0) is 11.3 Å². The quantitative estimate of drug-likeness (QED) is 0.936. The van der Waals surface area contributed by atoms with E-state index in [2.05, 4.69) is 15.3 Å². The lowest BCUT2D eigenvalue weighted by atomic mass is 9.99. The molecule has 1 aliphatic heterocycles. The summed E-state index contributed by atoms with van der Waals surface area (Å²) in [5.41, 5.74) is 2.02. The van der Waals surface area contributed by atoms with E-state index in [1.54, 1.807) is 6.20 Å². The standard InChI is InChI=1S/C15H21N5O/c1-12-6-10-19(18-12)11-7-15(21)20-9-3-2-4-14(20)13-5-8-16-17-13/h5-6,8,10,14H,2-4,7,9,11H2,1H3,(H,16,17). The van der Waals surface area contributed by atoms with Gasteiger partial charge in [-0.2, -0.15) is 10.2 Å². The van der Waals surface area contributed by atoms with Gasteiger partial charge in [-0.15, -0.1) is 0 Å². The predicted molar refractivity (Wildman–Crippen MR) is 78.5 cm³/mol. The molecule has 3 heterocycles. The van der Waals surface area contributed by atoms with Crippen molar-refractivity contribution in [2.24, 2.45) is 0 Å². The monoisotopic (exact) mass is 287 g/mol. The molecule has 0 saturated carbocycles. The number of carbonyl (C=O) groups is 1. The Bertz CT molecular complexity index is 589. The maximum Gasteiger partial charge on any atom is 0.224 e. The van der Waals surface area contributed by atoms with Gasteiger partial charge in [0.15, 0.2) is 0 Å². The zero-order chi connectivity index (χ0) is 14.7. The molecule has 1 saturated heterocycles. The van der Waals surface area contributed by atoms with E-state index in [4.69, 9.17) is 0 Å². The Balaban J connectivity index is 1.64. The number of amides is 1. The van der Waals surface area contributed by atoms with Crippen LogP contribution in [0.2, 0.25) is 0 Å². The second-order valence-corrected chi connectivity index (χ2v) is 5.58. The van der Waals surface area contributed by atoms with Gasteiger partial charge in [0.1, 0.15) is 0 Å². The van der Waals surface area contributed by atoms with Gasteiger partial charge in [0, 0.05) is 31.9 Å². The third-order valence-electron chi connectivity index (χ3n) is 4.03. The Kier molecular flexibility index (Phi) is 4.03. The lowest BCUT2D eigenvalue weighted by Gasteiger charge is -2.35. The van der Waals surface area contributed by atoms with E-state index in [0.29, 0.717) is 13.0 Å². The number of carbonyl (C=O) groups excluding carboxylic acids is 1. The van der Waals surface area contributed by atoms with Crippen molar-refractivity contribution in [1.82, 2.24) is 24.9 Å². The number of nitrogens with one attached hydrogen (secondary N) is 1. The number of rotatable bonds is 4. The van der Waals surface area contributed by atoms with Crippen molar-refractivity contribution in [1.29, 1.82) is 0 Å². The number of aryl methyl sites for hydroxylation is 2. The van der Waals surface area contributed by atoms with Gasteiger partial charge in [-0.3, -0.25) is 14.6 Å². The zero-order valence-corrected chi connectivity index (χ0v) is 12.3. The van der Waals surface area contributed by atoms with Crippen molar-refractivity contribution < 1.29 is 4.79 Å². The Hall–Kier alpha value is -2.11. The predicted octanol–water partition coefficient (Wildman–Crippen LogP) is 2.06. The largest absolute Gasteiger partial charge is 0.334 e. The Labute approximate surface area is 124 Å². The van der Waals surface area contributed by atoms with Gasteiger partial charge in [-0.1, -0.05) is 0 Å². The summed E-state index contributed by atoms with van der Waals surface area (Å²) < 4.78 is 1.84. The fourth-order valence-electron chi connectivity index (χ4n) is 2.95. The number of piperidine rings is 1. The average Bonchev–Trinajstić information content (AvgIpc) is 3.16. The average molecular weight is 287 g/mol. The summed E-state index contributed by atoms with van der Waals surface area (Å²) in [6.45, 7) is 3.43. The van der Waals surface area contributed by atoms with E-state index >= 15 is 0 Å². The van der Waals surface area contributed by atoms with Gasteiger partial charge in [-0.05, 0) is 38.3 Å². The number of hydrogen-bond donors (Lipinski definition) is 1. The highest BCUT2D eigenvalue weighted by atomic mass is 16.2. The summed E-state index contributed by atoms with van der Waals surface area (Å²) in [5, 5.41) is 11.3. The summed E-state index contributed by atoms with van der Waals surface area (Å²) in [4.78, 5) is 14.5. The Morgan fingerprint density at radius 2 is 2.33 bits per heavy atom. The highest BCUT2D eigenvalue weighted by Crippen LogP contribution is 2.30. The number of hydrogen-bond acceptors (Lipinski definition) is 3. The van der Waals surface area contributed by atoms with Gasteiger partial charge < -0.3 is 4.90 Å². The number of aromatic amines is 1. The minimum atomic E-state index is 0.146. The number of aromatic nitrogens is 4. The molecule has 0 radical (unpaired) electrons. The van der Waals surface area contributed by atoms with Gasteiger partial charge >= 0.3 is 0 Å². The van der Waals surface area contributed by atoms with Crippen molar-refractivity contribution in [3.05, 3.63) is 35.9 Å². The molecule has 0 spiro atoms. The van der Waals surface area contributed by atoms with Crippen LogP contribution in [0.15, 0.2) is 24.5 Å². The maximum absolute atomic E-state index is 12.5. The highest BCUT2D eigenvalue weighted by Gasteiger charge is 2.28. The second kappa shape index (κ2) is 6.11. The molecule has 1 fully saturated rings. The maximum atomic E-state index is 12.5. The highest BCUT2D eigenvalue weighted by molar-refractivity contribution is 5.76. The van der Waals surface area contributed by atoms with Crippen LogP contribution < -0.4 is 0 Å². The molecule has 0 aromatic carbocycles. The summed E-state index contributed by atoms with van der Waals surface area (Å²) in [6.07, 6.45) is 7.41. The van der Waals surface area contributed by atoms with E-state index in [-0.39, 0.29) is 11.9 Å². The van der Waals surface area contributed by atoms with E-state index < -0.39 is 0 Å². The molecular weight excluding hydrogens is 266 g/mol. The molecule has 0 bridgehead atoms. The molecule has 6 heteroatoms. The molecule has 6 nitrogen and oxygen atoms in total. The normalized spacial score (nSPS) is 18.9. The van der Waals surface area contributed by atoms with Gasteiger partial charge in [0.05, 0.1) is 17.4 Å². The summed E-state index contributed by atoms with van der Waals surface area (Å²) in [5.74, 6) is 0.197. The third-order valence-corrected chi connectivity index (χ3v) is 4.03. The number of likely N-dealkylation sites (tertiary alicyclic amines) is 1. The summed E-state index contributed by atoms with van der Waals surface area (Å²) in [6, 6.07) is 4.07. The number of nitrogens with zero attached hydrogens (tertiary/aromatic N) is 4. The molecule has 2 aromatic rings. The SMILES string of the molecule is Cc1ccn(CCC(=O)N2CCCCC2c2ccn[nH]2)n1. The van der Waals surface area contributed by atoms with Gasteiger partial charge in [-0.25, -0.2) is 0 Å². The van der Waals surface area contributed by atoms with E-state index in [1.807, 2.05) is 34.8 Å². The van der Waals surface area contributed by atoms with Crippen LogP contribution in [0.4, 0.5) is 0 Å². The van der Waals surface area contributed by atoms with Gasteiger partial charge in [0.2, 0.25) is 5.91 Å². The molecule has 0 aliphatic carbocycles. The van der Waals surface area contributed by atoms with Crippen molar-refractivity contribution in [3.63, 3.8) is 0 Å². The molecule has 3 rings (SSSR count). The van der Waals surface area contributed by atoms with E-state index in [9.17, 15) is 4.79 Å². The fraction of sp³-hybridized carbons (Fsp3) is 0.533. The topological polar surface area (TPSA) is 66.8 Å². The van der Waals surface area contributed by atoms with E-state index in [0.717, 1.165) is 37.2 Å². The molecule has 21 heavy (non-hydrogen) atoms. The van der Waals surface area contributed by atoms with E-state index in [1.165, 1.54) is 0 Å². The van der Waals surface area contributed by atoms with Crippen LogP contribution in [0, 0.1) is 6.92 Å². The molecule has 1 atom stereocenters. The lowest BCUT2D eigenvalue weighted by Crippen LogP contribution is -2.39. The minimum Gasteiger partial charge on any atom is -0.334 e. The molecule has 1 unspecified atom stereocenters. The molecular formula is C15H21N5O. The first-order chi connectivity index (χ1) is 10.2. The first-order valence-corrected chi connectivity index (χ1v) is 7.53. The first-order valence-electron chi connectivity index (χ1n) is 7.53. The summed E-state index contributed by atoms with van der Waals surface area (Å²) in [7, 11) is 0. The van der Waals surface area contributed by atoms with Crippen molar-refractivity contribution in [2.45, 2.75) is 45.2 Å². The number of H-pyrrole nitrogens is 1. The molecule has 2 aromatic heterocycles. The lowest BCUT2D eigenvalue weighted by molar-refractivity contribution is -0.135. The second-order valence-electron chi connectivity index (χ2n) is 5.58. The third kappa shape index (κ3) is 3.15. The fourth-order valence-corrected chi connectivity index (χ4v) is 2.95. The van der Waals surface area contributed by atoms with Crippen LogP contribution in [-0.4, -0.2) is 37.3 Å². The van der Waals surface area contributed by atoms with Crippen molar-refractivity contribution in [3.8, 4) is 0 Å². The van der Waals surface area contributed by atoms with Crippen LogP contribution in [0.3, 0.4) is 0 Å². The van der Waals surface area contributed by atoms with Crippen LogP contribution >= 0.6 is 0 Å². The van der Waals surface area contributed by atoms with Crippen LogP contribution in [0.1, 0.15) is 43.1 Å². The van der Waals surface area contributed by atoms with Crippen LogP contribution in [0.5, 0.6) is 0 Å². The molecule has 112 valence electrons. The van der Waals surface area contributed by atoms with Crippen LogP contribution in [0.25, 0.3) is 0 Å². The summed E-state index contributed by atoms with van der Waals surface area (Å²) >= 11 is 0. The zero-order valence-electron chi connectivity index (χ0n) is 12.3. The Morgan fingerprint density at radius 3 is 3.05 bits per heavy atom. The van der Waals surface area contributed by atoms with Crippen molar-refractivity contribution >= 4 is 5.91 Å². The molecule has 1 aliphatic rings.